The Kier molecular flexibility index (Phi) is 3.03. The molecule has 1 aromatic heterocycles. The van der Waals surface area contributed by atoms with Crippen LogP contribution in [0.1, 0.15) is 44.7 Å². The molecular weight excluding hydrogens is 198 g/mol. The number of nitrogen functional groups attached to an aromatic ring is 1. The molecular formula is C13H21N3. The highest BCUT2D eigenvalue weighted by molar-refractivity contribution is 5.50. The van der Waals surface area contributed by atoms with E-state index in [1.807, 2.05) is 19.1 Å². The molecule has 1 aliphatic carbocycles. The zero-order valence-electron chi connectivity index (χ0n) is 10.2. The molecule has 0 atom stereocenters. The van der Waals surface area contributed by atoms with E-state index in [1.165, 1.54) is 32.1 Å². The van der Waals surface area contributed by atoms with E-state index in [0.717, 1.165) is 17.2 Å². The topological polar surface area (TPSA) is 50.9 Å². The van der Waals surface area contributed by atoms with E-state index in [1.54, 1.807) is 0 Å². The summed E-state index contributed by atoms with van der Waals surface area (Å²) in [6, 6.07) is 3.90. The van der Waals surface area contributed by atoms with E-state index < -0.39 is 0 Å². The average Bonchev–Trinajstić information content (AvgIpc) is 2.24. The van der Waals surface area contributed by atoms with Crippen molar-refractivity contribution in [1.82, 2.24) is 4.98 Å². The highest BCUT2D eigenvalue weighted by Gasteiger charge is 2.26. The Labute approximate surface area is 97.5 Å². The van der Waals surface area contributed by atoms with Gasteiger partial charge in [-0.15, -0.1) is 0 Å². The average molecular weight is 219 g/mol. The van der Waals surface area contributed by atoms with Crippen LogP contribution in [-0.2, 0) is 0 Å². The van der Waals surface area contributed by atoms with Crippen molar-refractivity contribution in [3.05, 3.63) is 17.8 Å². The molecule has 0 radical (unpaired) electrons. The number of hydrogen-bond donors (Lipinski definition) is 2. The molecule has 3 nitrogen and oxygen atoms in total. The Hall–Kier alpha value is -1.25. The van der Waals surface area contributed by atoms with Crippen molar-refractivity contribution in [3.63, 3.8) is 0 Å². The first kappa shape index (κ1) is 11.2. The van der Waals surface area contributed by atoms with Crippen molar-refractivity contribution in [3.8, 4) is 0 Å². The molecule has 1 aromatic rings. The largest absolute Gasteiger partial charge is 0.397 e. The molecule has 1 saturated carbocycles. The van der Waals surface area contributed by atoms with Gasteiger partial charge in [0.05, 0.1) is 11.4 Å². The fourth-order valence-electron chi connectivity index (χ4n) is 2.41. The van der Waals surface area contributed by atoms with E-state index in [9.17, 15) is 0 Å². The second kappa shape index (κ2) is 4.32. The van der Waals surface area contributed by atoms with Crippen LogP contribution < -0.4 is 11.1 Å². The lowest BCUT2D eigenvalue weighted by Crippen LogP contribution is -2.37. The zero-order chi connectivity index (χ0) is 11.6. The van der Waals surface area contributed by atoms with E-state index in [-0.39, 0.29) is 5.54 Å². The molecule has 0 bridgehead atoms. The number of aryl methyl sites for hydroxylation is 1. The van der Waals surface area contributed by atoms with Gasteiger partial charge in [-0.05, 0) is 38.8 Å². The number of nitrogens with two attached hydrogens (primary N) is 1. The Bertz CT molecular complexity index is 367. The molecule has 0 saturated heterocycles. The van der Waals surface area contributed by atoms with Crippen LogP contribution in [0.25, 0.3) is 0 Å². The SMILES string of the molecule is Cc1nc(NC2(C)CCCCC2)ccc1N. The summed E-state index contributed by atoms with van der Waals surface area (Å²) in [5, 5.41) is 3.56. The number of hydrogen-bond acceptors (Lipinski definition) is 3. The standard InChI is InChI=1S/C13H21N3/c1-10-11(14)6-7-12(15-10)16-13(2)8-4-3-5-9-13/h6-7H,3-5,8-9,14H2,1-2H3,(H,15,16). The molecule has 0 aliphatic heterocycles. The lowest BCUT2D eigenvalue weighted by Gasteiger charge is -2.35. The van der Waals surface area contributed by atoms with E-state index in [4.69, 9.17) is 5.73 Å². The smallest absolute Gasteiger partial charge is 0.126 e. The molecule has 16 heavy (non-hydrogen) atoms. The summed E-state index contributed by atoms with van der Waals surface area (Å²) in [5.41, 5.74) is 7.65. The molecule has 3 heteroatoms. The number of anilines is 2. The Morgan fingerprint density at radius 2 is 1.94 bits per heavy atom. The summed E-state index contributed by atoms with van der Waals surface area (Å²) >= 11 is 0. The quantitative estimate of drug-likeness (QED) is 0.803. The van der Waals surface area contributed by atoms with Crippen LogP contribution >= 0.6 is 0 Å². The number of nitrogens with zero attached hydrogens (tertiary/aromatic N) is 1. The minimum Gasteiger partial charge on any atom is -0.397 e. The van der Waals surface area contributed by atoms with Crippen molar-refractivity contribution in [1.29, 1.82) is 0 Å². The van der Waals surface area contributed by atoms with Crippen molar-refractivity contribution in [2.75, 3.05) is 11.1 Å². The second-order valence-electron chi connectivity index (χ2n) is 5.12. The van der Waals surface area contributed by atoms with Gasteiger partial charge in [-0.1, -0.05) is 19.3 Å². The van der Waals surface area contributed by atoms with Crippen LogP contribution in [0.4, 0.5) is 11.5 Å². The first-order valence-corrected chi connectivity index (χ1v) is 6.10. The highest BCUT2D eigenvalue weighted by atomic mass is 15.1. The fourth-order valence-corrected chi connectivity index (χ4v) is 2.41. The number of aromatic nitrogens is 1. The summed E-state index contributed by atoms with van der Waals surface area (Å²) in [7, 11) is 0. The van der Waals surface area contributed by atoms with Crippen molar-refractivity contribution in [2.45, 2.75) is 51.5 Å². The molecule has 0 spiro atoms. The van der Waals surface area contributed by atoms with Gasteiger partial charge in [-0.3, -0.25) is 0 Å². The van der Waals surface area contributed by atoms with E-state index in [2.05, 4.69) is 17.2 Å². The summed E-state index contributed by atoms with van der Waals surface area (Å²) in [6.45, 7) is 4.24. The van der Waals surface area contributed by atoms with Gasteiger partial charge in [-0.2, -0.15) is 0 Å². The van der Waals surface area contributed by atoms with Gasteiger partial charge in [-0.25, -0.2) is 4.98 Å². The summed E-state index contributed by atoms with van der Waals surface area (Å²) in [5.74, 6) is 0.955. The predicted octanol–water partition coefficient (Wildman–Crippen LogP) is 3.11. The molecule has 0 amide bonds. The highest BCUT2D eigenvalue weighted by Crippen LogP contribution is 2.30. The second-order valence-corrected chi connectivity index (χ2v) is 5.12. The number of rotatable bonds is 2. The van der Waals surface area contributed by atoms with Gasteiger partial charge in [0.1, 0.15) is 5.82 Å². The number of nitrogens with one attached hydrogen (secondary N) is 1. The molecule has 1 fully saturated rings. The van der Waals surface area contributed by atoms with Crippen LogP contribution in [-0.4, -0.2) is 10.5 Å². The van der Waals surface area contributed by atoms with Gasteiger partial charge in [0.25, 0.3) is 0 Å². The Morgan fingerprint density at radius 1 is 1.25 bits per heavy atom. The molecule has 3 N–H and O–H groups in total. The van der Waals surface area contributed by atoms with E-state index in [0.29, 0.717) is 0 Å². The van der Waals surface area contributed by atoms with Crippen LogP contribution in [0.15, 0.2) is 12.1 Å². The van der Waals surface area contributed by atoms with Gasteiger partial charge in [0, 0.05) is 5.54 Å². The lowest BCUT2D eigenvalue weighted by atomic mass is 9.83. The molecule has 1 heterocycles. The molecule has 0 aromatic carbocycles. The van der Waals surface area contributed by atoms with Gasteiger partial charge < -0.3 is 11.1 Å². The minimum absolute atomic E-state index is 0.216. The van der Waals surface area contributed by atoms with Crippen LogP contribution in [0, 0.1) is 6.92 Å². The molecule has 2 rings (SSSR count). The zero-order valence-corrected chi connectivity index (χ0v) is 10.2. The van der Waals surface area contributed by atoms with Crippen molar-refractivity contribution < 1.29 is 0 Å². The molecule has 1 aliphatic rings. The van der Waals surface area contributed by atoms with Crippen LogP contribution in [0.3, 0.4) is 0 Å². The molecule has 0 unspecified atom stereocenters. The Morgan fingerprint density at radius 3 is 2.56 bits per heavy atom. The fraction of sp³-hybridized carbons (Fsp3) is 0.615. The summed E-state index contributed by atoms with van der Waals surface area (Å²) in [4.78, 5) is 4.48. The normalized spacial score (nSPS) is 19.4. The number of pyridine rings is 1. The van der Waals surface area contributed by atoms with Gasteiger partial charge in [0.2, 0.25) is 0 Å². The summed E-state index contributed by atoms with van der Waals surface area (Å²) in [6.07, 6.45) is 6.47. The van der Waals surface area contributed by atoms with Crippen molar-refractivity contribution >= 4 is 11.5 Å². The van der Waals surface area contributed by atoms with Crippen LogP contribution in [0.5, 0.6) is 0 Å². The third-order valence-electron chi connectivity index (χ3n) is 3.51. The van der Waals surface area contributed by atoms with E-state index >= 15 is 0 Å². The first-order chi connectivity index (χ1) is 7.59. The predicted molar refractivity (Wildman–Crippen MR) is 68.5 cm³/mol. The minimum atomic E-state index is 0.216. The Balaban J connectivity index is 2.10. The third kappa shape index (κ3) is 2.46. The molecule has 88 valence electrons. The maximum Gasteiger partial charge on any atom is 0.126 e. The maximum absolute atomic E-state index is 5.76. The van der Waals surface area contributed by atoms with Gasteiger partial charge in [0.15, 0.2) is 0 Å². The summed E-state index contributed by atoms with van der Waals surface area (Å²) < 4.78 is 0. The van der Waals surface area contributed by atoms with Crippen LogP contribution in [0.2, 0.25) is 0 Å². The third-order valence-corrected chi connectivity index (χ3v) is 3.51. The van der Waals surface area contributed by atoms with Gasteiger partial charge >= 0.3 is 0 Å². The first-order valence-electron chi connectivity index (χ1n) is 6.10. The lowest BCUT2D eigenvalue weighted by molar-refractivity contribution is 0.348. The maximum atomic E-state index is 5.76. The van der Waals surface area contributed by atoms with Crippen molar-refractivity contribution in [2.24, 2.45) is 0 Å². The monoisotopic (exact) mass is 219 g/mol.